The number of aliphatic hydroxyl groups is 1. The van der Waals surface area contributed by atoms with Crippen molar-refractivity contribution < 1.29 is 24.2 Å². The Labute approximate surface area is 253 Å². The third-order valence-corrected chi connectivity index (χ3v) is 8.82. The summed E-state index contributed by atoms with van der Waals surface area (Å²) in [5.41, 5.74) is 2.73. The van der Waals surface area contributed by atoms with Gasteiger partial charge < -0.3 is 25.2 Å². The highest BCUT2D eigenvalue weighted by Crippen LogP contribution is 2.29. The molecule has 2 aromatic heterocycles. The number of halogens is 1. The molecule has 0 bridgehead atoms. The number of cyclic esters (lactones) is 1. The molecule has 2 aliphatic rings. The fourth-order valence-electron chi connectivity index (χ4n) is 5.50. The van der Waals surface area contributed by atoms with Crippen molar-refractivity contribution >= 4 is 40.6 Å². The van der Waals surface area contributed by atoms with Crippen LogP contribution in [-0.2, 0) is 4.74 Å². The number of thiophene rings is 1. The summed E-state index contributed by atoms with van der Waals surface area (Å²) in [4.78, 5) is 40.4. The summed E-state index contributed by atoms with van der Waals surface area (Å²) in [6.07, 6.45) is 4.00. The van der Waals surface area contributed by atoms with Crippen LogP contribution >= 0.6 is 22.9 Å². The molecule has 224 valence electrons. The van der Waals surface area contributed by atoms with E-state index in [-0.39, 0.29) is 36.4 Å². The largest absolute Gasteiger partial charge is 0.487 e. The summed E-state index contributed by atoms with van der Waals surface area (Å²) in [6, 6.07) is 10.8. The minimum Gasteiger partial charge on any atom is -0.487 e. The van der Waals surface area contributed by atoms with Gasteiger partial charge in [0, 0.05) is 24.5 Å². The van der Waals surface area contributed by atoms with Crippen LogP contribution in [0.4, 0.5) is 10.5 Å². The first-order valence-electron chi connectivity index (χ1n) is 14.1. The number of nitrogens with one attached hydrogen (secondary N) is 2. The van der Waals surface area contributed by atoms with Gasteiger partial charge in [-0.25, -0.2) is 4.79 Å². The maximum absolute atomic E-state index is 13.3. The second-order valence-corrected chi connectivity index (χ2v) is 12.4. The molecule has 1 saturated carbocycles. The van der Waals surface area contributed by atoms with Gasteiger partial charge in [0.1, 0.15) is 12.7 Å². The fourth-order valence-corrected chi connectivity index (χ4v) is 6.46. The van der Waals surface area contributed by atoms with Crippen LogP contribution in [0.5, 0.6) is 5.75 Å². The van der Waals surface area contributed by atoms with Crippen molar-refractivity contribution in [2.45, 2.75) is 57.8 Å². The molecule has 10 nitrogen and oxygen atoms in total. The summed E-state index contributed by atoms with van der Waals surface area (Å²) in [7, 11) is 0. The highest BCUT2D eigenvalue weighted by molar-refractivity contribution is 7.18. The Morgan fingerprint density at radius 3 is 2.57 bits per heavy atom. The molecule has 2 amide bonds. The van der Waals surface area contributed by atoms with Gasteiger partial charge in [-0.1, -0.05) is 11.6 Å². The quantitative estimate of drug-likeness (QED) is 0.293. The molecule has 0 unspecified atom stereocenters. The van der Waals surface area contributed by atoms with E-state index in [0.717, 1.165) is 42.5 Å². The molecule has 0 spiro atoms. The van der Waals surface area contributed by atoms with Gasteiger partial charge in [-0.3, -0.25) is 19.1 Å². The summed E-state index contributed by atoms with van der Waals surface area (Å²) >= 11 is 7.10. The Morgan fingerprint density at radius 1 is 1.14 bits per heavy atom. The number of anilines is 1. The van der Waals surface area contributed by atoms with Crippen LogP contribution in [0, 0.1) is 13.8 Å². The number of aliphatic hydroxyl groups excluding tert-OH is 1. The minimum atomic E-state index is -0.507. The Kier molecular flexibility index (Phi) is 9.52. The highest BCUT2D eigenvalue weighted by atomic mass is 35.5. The van der Waals surface area contributed by atoms with Crippen molar-refractivity contribution in [3.8, 4) is 11.4 Å². The van der Waals surface area contributed by atoms with E-state index in [9.17, 15) is 19.5 Å². The number of nitrogens with zero attached hydrogens (tertiary/aromatic N) is 2. The van der Waals surface area contributed by atoms with E-state index in [1.807, 2.05) is 26.0 Å². The number of benzene rings is 1. The molecule has 0 radical (unpaired) electrons. The molecule has 12 heteroatoms. The molecule has 1 saturated heterocycles. The van der Waals surface area contributed by atoms with E-state index in [1.54, 1.807) is 35.0 Å². The first kappa shape index (κ1) is 30.1. The molecule has 42 heavy (non-hydrogen) atoms. The monoisotopic (exact) mass is 614 g/mol. The lowest BCUT2D eigenvalue weighted by Gasteiger charge is -2.26. The lowest BCUT2D eigenvalue weighted by atomic mass is 9.93. The fraction of sp³-hybridized carbons (Fsp3) is 0.433. The van der Waals surface area contributed by atoms with E-state index in [0.29, 0.717) is 34.1 Å². The number of rotatable bonds is 10. The zero-order chi connectivity index (χ0) is 29.8. The van der Waals surface area contributed by atoms with Crippen molar-refractivity contribution in [3.63, 3.8) is 0 Å². The summed E-state index contributed by atoms with van der Waals surface area (Å²) < 4.78 is 13.4. The van der Waals surface area contributed by atoms with Crippen LogP contribution in [0.2, 0.25) is 4.34 Å². The Hall–Kier alpha value is -3.38. The molecule has 2 fully saturated rings. The smallest absolute Gasteiger partial charge is 0.414 e. The normalized spacial score (nSPS) is 20.4. The number of carbonyl (C=O) groups excluding carboxylic acids is 2. The van der Waals surface area contributed by atoms with Gasteiger partial charge in [0.2, 0.25) is 0 Å². The summed E-state index contributed by atoms with van der Waals surface area (Å²) in [6.45, 7) is 5.20. The van der Waals surface area contributed by atoms with E-state index >= 15 is 0 Å². The number of aryl methyl sites for hydroxylation is 2. The molecule has 3 aromatic rings. The van der Waals surface area contributed by atoms with Crippen molar-refractivity contribution in [2.24, 2.45) is 0 Å². The number of pyridine rings is 1. The predicted molar refractivity (Wildman–Crippen MR) is 163 cm³/mol. The predicted octanol–water partition coefficient (Wildman–Crippen LogP) is 4.20. The van der Waals surface area contributed by atoms with E-state index in [4.69, 9.17) is 21.1 Å². The first-order chi connectivity index (χ1) is 20.2. The van der Waals surface area contributed by atoms with E-state index in [1.165, 1.54) is 16.2 Å². The van der Waals surface area contributed by atoms with Crippen LogP contribution in [0.1, 0.15) is 46.5 Å². The van der Waals surface area contributed by atoms with E-state index < -0.39 is 12.2 Å². The van der Waals surface area contributed by atoms with Crippen LogP contribution < -0.4 is 25.8 Å². The van der Waals surface area contributed by atoms with Gasteiger partial charge in [-0.2, -0.15) is 0 Å². The van der Waals surface area contributed by atoms with Gasteiger partial charge in [0.25, 0.3) is 11.5 Å². The zero-order valence-electron chi connectivity index (χ0n) is 23.6. The first-order valence-corrected chi connectivity index (χ1v) is 15.3. The van der Waals surface area contributed by atoms with Gasteiger partial charge in [0.15, 0.2) is 5.75 Å². The molecule has 1 aliphatic heterocycles. The third-order valence-electron chi connectivity index (χ3n) is 7.59. The Balaban J connectivity index is 1.21. The van der Waals surface area contributed by atoms with Crippen molar-refractivity contribution in [3.05, 3.63) is 73.3 Å². The summed E-state index contributed by atoms with van der Waals surface area (Å²) in [5.74, 6) is -0.00520. The maximum Gasteiger partial charge on any atom is 0.414 e. The average molecular weight is 615 g/mol. The van der Waals surface area contributed by atoms with Gasteiger partial charge >= 0.3 is 6.09 Å². The molecule has 1 atom stereocenters. The Morgan fingerprint density at radius 2 is 1.88 bits per heavy atom. The number of ether oxygens (including phenoxy) is 2. The van der Waals surface area contributed by atoms with Gasteiger partial charge in [0.05, 0.1) is 34.1 Å². The number of aromatic nitrogens is 1. The van der Waals surface area contributed by atoms with Crippen molar-refractivity contribution in [2.75, 3.05) is 31.1 Å². The van der Waals surface area contributed by atoms with Gasteiger partial charge in [-0.05, 0) is 87.1 Å². The van der Waals surface area contributed by atoms with Gasteiger partial charge in [-0.15, -0.1) is 11.3 Å². The molecule has 1 aliphatic carbocycles. The molecular weight excluding hydrogens is 580 g/mol. The van der Waals surface area contributed by atoms with Crippen LogP contribution in [-0.4, -0.2) is 66.2 Å². The Bertz CT molecular complexity index is 1480. The SMILES string of the molecule is Cc1cc(N2C[C@H](CNC(=O)c3ccc(Cl)s3)OC2=O)cc(C)c1-n1cccc(OCCNC2CCC(O)CC2)c1=O. The highest BCUT2D eigenvalue weighted by Gasteiger charge is 2.33. The van der Waals surface area contributed by atoms with Crippen molar-refractivity contribution in [1.82, 2.24) is 15.2 Å². The number of carbonyl (C=O) groups is 2. The van der Waals surface area contributed by atoms with Crippen LogP contribution in [0.3, 0.4) is 0 Å². The molecule has 1 aromatic carbocycles. The zero-order valence-corrected chi connectivity index (χ0v) is 25.2. The number of hydrogen-bond donors (Lipinski definition) is 3. The molecule has 3 heterocycles. The lowest BCUT2D eigenvalue weighted by molar-refractivity contribution is 0.0920. The number of hydrogen-bond acceptors (Lipinski definition) is 8. The van der Waals surface area contributed by atoms with E-state index in [2.05, 4.69) is 10.6 Å². The second-order valence-electron chi connectivity index (χ2n) is 10.7. The molecule has 5 rings (SSSR count). The van der Waals surface area contributed by atoms with Crippen LogP contribution in [0.25, 0.3) is 5.69 Å². The number of amides is 2. The average Bonchev–Trinajstić information content (AvgIpc) is 3.57. The third kappa shape index (κ3) is 6.97. The van der Waals surface area contributed by atoms with Crippen LogP contribution in [0.15, 0.2) is 47.4 Å². The molecule has 3 N–H and O–H groups in total. The molecular formula is C30H35ClN4O6S. The summed E-state index contributed by atoms with van der Waals surface area (Å²) in [5, 5.41) is 15.9. The standard InChI is InChI=1S/C30H35ClN4O6S/c1-18-14-21(35-17-23(41-30(35)39)16-33-28(37)25-9-10-26(31)42-25)15-19(2)27(18)34-12-3-4-24(29(34)38)40-13-11-32-20-5-7-22(36)8-6-20/h3-4,9-10,12,14-15,20,22-23,32,36H,5-8,11,13,16-17H2,1-2H3,(H,33,37)/t20?,22?,23-/m0/s1. The maximum atomic E-state index is 13.3. The lowest BCUT2D eigenvalue weighted by Crippen LogP contribution is -2.37. The topological polar surface area (TPSA) is 122 Å². The van der Waals surface area contributed by atoms with Crippen molar-refractivity contribution in [1.29, 1.82) is 0 Å². The minimum absolute atomic E-state index is 0.175. The second kappa shape index (κ2) is 13.3.